The molecule has 0 aliphatic heterocycles. The fraction of sp³-hybridized carbons (Fsp3) is 0.154. The van der Waals surface area contributed by atoms with E-state index in [0.717, 1.165) is 0 Å². The van der Waals surface area contributed by atoms with Crippen LogP contribution in [0.2, 0.25) is 10.0 Å². The van der Waals surface area contributed by atoms with Crippen molar-refractivity contribution in [2.75, 3.05) is 0 Å². The highest BCUT2D eigenvalue weighted by atomic mass is 35.5. The standard InChI is InChI=1S/C13H4Cl2F6N2O3/c14-7-1-5(12(16,17)18)2-8(15)10(7)22-4-6(13(19,20)21)3-9(11(22)24)23(25)26/h1-4H. The first-order valence-corrected chi connectivity index (χ1v) is 7.04. The summed E-state index contributed by atoms with van der Waals surface area (Å²) in [5.74, 6) is 0. The maximum absolute atomic E-state index is 12.9. The molecular formula is C13H4Cl2F6N2O3. The molecule has 0 bridgehead atoms. The minimum absolute atomic E-state index is 0.00469. The van der Waals surface area contributed by atoms with Crippen molar-refractivity contribution in [3.63, 3.8) is 0 Å². The summed E-state index contributed by atoms with van der Waals surface area (Å²) in [6.45, 7) is 0. The van der Waals surface area contributed by atoms with Crippen LogP contribution in [0.5, 0.6) is 0 Å². The molecule has 1 heterocycles. The van der Waals surface area contributed by atoms with Gasteiger partial charge >= 0.3 is 23.6 Å². The Kier molecular flexibility index (Phi) is 4.99. The Morgan fingerprint density at radius 3 is 1.77 bits per heavy atom. The smallest absolute Gasteiger partial charge is 0.275 e. The number of aromatic nitrogens is 1. The zero-order valence-corrected chi connectivity index (χ0v) is 13.5. The van der Waals surface area contributed by atoms with Crippen molar-refractivity contribution in [2.24, 2.45) is 0 Å². The van der Waals surface area contributed by atoms with E-state index in [-0.39, 0.29) is 16.8 Å². The Balaban J connectivity index is 2.87. The van der Waals surface area contributed by atoms with Crippen molar-refractivity contribution < 1.29 is 31.3 Å². The van der Waals surface area contributed by atoms with Gasteiger partial charge in [0, 0.05) is 12.3 Å². The summed E-state index contributed by atoms with van der Waals surface area (Å²) < 4.78 is 77.1. The zero-order valence-electron chi connectivity index (χ0n) is 12.0. The van der Waals surface area contributed by atoms with E-state index in [2.05, 4.69) is 0 Å². The van der Waals surface area contributed by atoms with E-state index in [4.69, 9.17) is 23.2 Å². The fourth-order valence-electron chi connectivity index (χ4n) is 1.98. The highest BCUT2D eigenvalue weighted by Crippen LogP contribution is 2.38. The number of nitro groups is 1. The molecule has 5 nitrogen and oxygen atoms in total. The number of pyridine rings is 1. The van der Waals surface area contributed by atoms with E-state index in [1.165, 1.54) is 0 Å². The first kappa shape index (κ1) is 20.0. The van der Waals surface area contributed by atoms with Gasteiger partial charge in [0.2, 0.25) is 0 Å². The molecular weight excluding hydrogens is 417 g/mol. The highest BCUT2D eigenvalue weighted by Gasteiger charge is 2.36. The second kappa shape index (κ2) is 6.47. The number of alkyl halides is 6. The summed E-state index contributed by atoms with van der Waals surface area (Å²) in [6, 6.07) is 0.674. The lowest BCUT2D eigenvalue weighted by Crippen LogP contribution is -2.24. The van der Waals surface area contributed by atoms with Gasteiger partial charge in [-0.25, -0.2) is 0 Å². The van der Waals surface area contributed by atoms with Crippen LogP contribution in [-0.4, -0.2) is 9.49 Å². The molecule has 1 aromatic heterocycles. The van der Waals surface area contributed by atoms with Crippen molar-refractivity contribution in [2.45, 2.75) is 12.4 Å². The van der Waals surface area contributed by atoms with Crippen molar-refractivity contribution in [1.29, 1.82) is 0 Å². The molecule has 1 aromatic carbocycles. The van der Waals surface area contributed by atoms with Crippen LogP contribution in [0.4, 0.5) is 32.0 Å². The summed E-state index contributed by atoms with van der Waals surface area (Å²) in [7, 11) is 0. The fourth-order valence-corrected chi connectivity index (χ4v) is 2.65. The average Bonchev–Trinajstić information content (AvgIpc) is 2.45. The maximum atomic E-state index is 12.9. The Bertz CT molecular complexity index is 929. The van der Waals surface area contributed by atoms with Crippen LogP contribution in [0.15, 0.2) is 29.2 Å². The normalized spacial score (nSPS) is 12.3. The molecule has 140 valence electrons. The lowest BCUT2D eigenvalue weighted by Gasteiger charge is -2.15. The van der Waals surface area contributed by atoms with Crippen LogP contribution in [-0.2, 0) is 12.4 Å². The predicted molar refractivity (Wildman–Crippen MR) is 78.7 cm³/mol. The second-order valence-corrected chi connectivity index (χ2v) is 5.64. The number of benzene rings is 1. The van der Waals surface area contributed by atoms with Crippen LogP contribution in [0, 0.1) is 10.1 Å². The van der Waals surface area contributed by atoms with Gasteiger partial charge in [0.15, 0.2) is 0 Å². The molecule has 0 radical (unpaired) electrons. The van der Waals surface area contributed by atoms with E-state index in [1.807, 2.05) is 0 Å². The van der Waals surface area contributed by atoms with E-state index in [0.29, 0.717) is 12.1 Å². The lowest BCUT2D eigenvalue weighted by molar-refractivity contribution is -0.386. The molecule has 0 atom stereocenters. The quantitative estimate of drug-likeness (QED) is 0.386. The zero-order chi connectivity index (χ0) is 20.0. The molecule has 0 saturated heterocycles. The third kappa shape index (κ3) is 3.78. The van der Waals surface area contributed by atoms with Gasteiger partial charge in [0.25, 0.3) is 0 Å². The Morgan fingerprint density at radius 1 is 0.923 bits per heavy atom. The summed E-state index contributed by atoms with van der Waals surface area (Å²) in [5.41, 5.74) is -6.65. The number of nitrogens with zero attached hydrogens (tertiary/aromatic N) is 2. The molecule has 13 heteroatoms. The van der Waals surface area contributed by atoms with Gasteiger partial charge in [-0.1, -0.05) is 23.2 Å². The lowest BCUT2D eigenvalue weighted by atomic mass is 10.1. The first-order chi connectivity index (χ1) is 11.7. The third-order valence-electron chi connectivity index (χ3n) is 3.11. The number of halogens is 8. The SMILES string of the molecule is O=c1c([N+](=O)[O-])cc(C(F)(F)F)cn1-c1c(Cl)cc(C(F)(F)F)cc1Cl. The van der Waals surface area contributed by atoms with Crippen molar-refractivity contribution >= 4 is 28.9 Å². The summed E-state index contributed by atoms with van der Waals surface area (Å²) >= 11 is 11.3. The minimum Gasteiger partial charge on any atom is -0.275 e. The summed E-state index contributed by atoms with van der Waals surface area (Å²) in [6.07, 6.45) is -9.78. The van der Waals surface area contributed by atoms with Crippen molar-refractivity contribution in [3.05, 3.63) is 66.0 Å². The van der Waals surface area contributed by atoms with E-state index < -0.39 is 55.4 Å². The number of hydrogen-bond donors (Lipinski definition) is 0. The first-order valence-electron chi connectivity index (χ1n) is 6.28. The largest absolute Gasteiger partial charge is 0.418 e. The van der Waals surface area contributed by atoms with Gasteiger partial charge in [-0.05, 0) is 12.1 Å². The van der Waals surface area contributed by atoms with Crippen LogP contribution in [0.1, 0.15) is 11.1 Å². The molecule has 0 fully saturated rings. The Labute approximate surface area is 149 Å². The van der Waals surface area contributed by atoms with Gasteiger partial charge in [-0.2, -0.15) is 26.3 Å². The number of hydrogen-bond acceptors (Lipinski definition) is 3. The van der Waals surface area contributed by atoms with Crippen molar-refractivity contribution in [1.82, 2.24) is 4.57 Å². The topological polar surface area (TPSA) is 65.1 Å². The van der Waals surface area contributed by atoms with Gasteiger partial charge < -0.3 is 0 Å². The molecule has 0 saturated carbocycles. The van der Waals surface area contributed by atoms with Gasteiger partial charge in [-0.15, -0.1) is 0 Å². The maximum Gasteiger partial charge on any atom is 0.418 e. The van der Waals surface area contributed by atoms with E-state index in [9.17, 15) is 41.3 Å². The van der Waals surface area contributed by atoms with Crippen LogP contribution in [0.25, 0.3) is 5.69 Å². The van der Waals surface area contributed by atoms with Crippen LogP contribution < -0.4 is 5.56 Å². The monoisotopic (exact) mass is 420 g/mol. The summed E-state index contributed by atoms with van der Waals surface area (Å²) in [5, 5.41) is 9.21. The molecule has 0 N–H and O–H groups in total. The minimum atomic E-state index is -5.08. The van der Waals surface area contributed by atoms with Gasteiger partial charge in [0.1, 0.15) is 0 Å². The van der Waals surface area contributed by atoms with Crippen LogP contribution >= 0.6 is 23.2 Å². The molecule has 2 rings (SSSR count). The highest BCUT2D eigenvalue weighted by molar-refractivity contribution is 6.37. The van der Waals surface area contributed by atoms with Gasteiger partial charge in [0.05, 0.1) is 31.8 Å². The molecule has 0 spiro atoms. The van der Waals surface area contributed by atoms with E-state index in [1.54, 1.807) is 0 Å². The molecule has 2 aromatic rings. The van der Waals surface area contributed by atoms with E-state index >= 15 is 0 Å². The average molecular weight is 421 g/mol. The second-order valence-electron chi connectivity index (χ2n) is 4.83. The molecule has 26 heavy (non-hydrogen) atoms. The predicted octanol–water partition coefficient (Wildman–Crippen LogP) is 5.09. The van der Waals surface area contributed by atoms with Crippen molar-refractivity contribution in [3.8, 4) is 5.69 Å². The Morgan fingerprint density at radius 2 is 1.38 bits per heavy atom. The molecule has 0 aliphatic carbocycles. The molecule has 0 aliphatic rings. The Hall–Kier alpha value is -2.27. The number of rotatable bonds is 2. The van der Waals surface area contributed by atoms with Gasteiger partial charge in [-0.3, -0.25) is 19.5 Å². The third-order valence-corrected chi connectivity index (χ3v) is 3.68. The van der Waals surface area contributed by atoms with Crippen LogP contribution in [0.3, 0.4) is 0 Å². The summed E-state index contributed by atoms with van der Waals surface area (Å²) in [4.78, 5) is 21.6. The molecule has 0 amide bonds. The molecule has 0 unspecified atom stereocenters.